The van der Waals surface area contributed by atoms with E-state index in [2.05, 4.69) is 15.1 Å². The number of rotatable bonds is 4. The van der Waals surface area contributed by atoms with E-state index < -0.39 is 0 Å². The van der Waals surface area contributed by atoms with Crippen molar-refractivity contribution < 1.29 is 5.21 Å². The molecule has 6 nitrogen and oxygen atoms in total. The summed E-state index contributed by atoms with van der Waals surface area (Å²) in [4.78, 5) is 11.2. The summed E-state index contributed by atoms with van der Waals surface area (Å²) in [5.74, 6) is 0.474. The molecule has 8 heteroatoms. The van der Waals surface area contributed by atoms with E-state index in [4.69, 9.17) is 22.5 Å². The highest BCUT2D eigenvalue weighted by Gasteiger charge is 2.14. The van der Waals surface area contributed by atoms with Crippen molar-refractivity contribution >= 4 is 34.6 Å². The number of thiophene rings is 1. The molecule has 0 saturated heterocycles. The third kappa shape index (κ3) is 3.12. The highest BCUT2D eigenvalue weighted by atomic mass is 35.5. The van der Waals surface area contributed by atoms with Crippen LogP contribution in [-0.4, -0.2) is 28.1 Å². The van der Waals surface area contributed by atoms with Crippen LogP contribution in [0.1, 0.15) is 10.6 Å². The lowest BCUT2D eigenvalue weighted by Gasteiger charge is -2.18. The standard InChI is InChI=1S/C11H12ClN5OS/c1-17(6-7-2-3-8(12)19-7)11-9(10(13)16-18)14-4-5-15-11/h2-5,18H,6H2,1H3,(H2,13,16). The molecule has 0 unspecified atom stereocenters. The maximum Gasteiger partial charge on any atom is 0.192 e. The van der Waals surface area contributed by atoms with Gasteiger partial charge in [0.25, 0.3) is 0 Å². The molecular formula is C11H12ClN5OS. The number of anilines is 1. The number of halogens is 1. The lowest BCUT2D eigenvalue weighted by molar-refractivity contribution is 0.318. The summed E-state index contributed by atoms with van der Waals surface area (Å²) in [6, 6.07) is 3.79. The zero-order chi connectivity index (χ0) is 13.8. The second kappa shape index (κ2) is 5.85. The monoisotopic (exact) mass is 297 g/mol. The van der Waals surface area contributed by atoms with E-state index >= 15 is 0 Å². The van der Waals surface area contributed by atoms with E-state index in [0.29, 0.717) is 18.1 Å². The van der Waals surface area contributed by atoms with E-state index in [0.717, 1.165) is 9.21 Å². The summed E-state index contributed by atoms with van der Waals surface area (Å²) in [6.45, 7) is 0.613. The first kappa shape index (κ1) is 13.6. The van der Waals surface area contributed by atoms with Crippen LogP contribution in [0.3, 0.4) is 0 Å². The van der Waals surface area contributed by atoms with E-state index in [1.807, 2.05) is 24.1 Å². The van der Waals surface area contributed by atoms with Crippen LogP contribution in [0.15, 0.2) is 29.7 Å². The van der Waals surface area contributed by atoms with Gasteiger partial charge in [-0.3, -0.25) is 0 Å². The Bertz CT molecular complexity index is 600. The van der Waals surface area contributed by atoms with Crippen molar-refractivity contribution in [3.63, 3.8) is 0 Å². The molecule has 0 aliphatic rings. The Kier molecular flexibility index (Phi) is 4.18. The lowest BCUT2D eigenvalue weighted by atomic mass is 10.3. The average Bonchev–Trinajstić information content (AvgIpc) is 2.83. The number of hydrogen-bond donors (Lipinski definition) is 2. The van der Waals surface area contributed by atoms with E-state index in [1.165, 1.54) is 17.5 Å². The minimum absolute atomic E-state index is 0.0702. The van der Waals surface area contributed by atoms with Crippen LogP contribution in [0, 0.1) is 0 Å². The number of aromatic nitrogens is 2. The van der Waals surface area contributed by atoms with Gasteiger partial charge in [-0.1, -0.05) is 16.8 Å². The van der Waals surface area contributed by atoms with Crippen molar-refractivity contribution in [2.45, 2.75) is 6.54 Å². The Balaban J connectivity index is 2.26. The fourth-order valence-corrected chi connectivity index (χ4v) is 2.72. The molecule has 2 heterocycles. The molecule has 0 amide bonds. The van der Waals surface area contributed by atoms with E-state index in [-0.39, 0.29) is 5.84 Å². The van der Waals surface area contributed by atoms with Gasteiger partial charge < -0.3 is 15.8 Å². The van der Waals surface area contributed by atoms with Crippen molar-refractivity contribution in [2.24, 2.45) is 10.9 Å². The molecule has 0 radical (unpaired) electrons. The van der Waals surface area contributed by atoms with Crippen LogP contribution in [0.2, 0.25) is 4.34 Å². The Labute approximate surface area is 119 Å². The lowest BCUT2D eigenvalue weighted by Crippen LogP contribution is -2.24. The smallest absolute Gasteiger partial charge is 0.192 e. The highest BCUT2D eigenvalue weighted by Crippen LogP contribution is 2.24. The van der Waals surface area contributed by atoms with Gasteiger partial charge in [-0.05, 0) is 12.1 Å². The van der Waals surface area contributed by atoms with Gasteiger partial charge in [-0.25, -0.2) is 9.97 Å². The fourth-order valence-electron chi connectivity index (χ4n) is 1.58. The molecule has 2 aromatic rings. The Hall–Kier alpha value is -1.86. The van der Waals surface area contributed by atoms with Gasteiger partial charge in [0.2, 0.25) is 0 Å². The molecule has 19 heavy (non-hydrogen) atoms. The zero-order valence-electron chi connectivity index (χ0n) is 10.1. The quantitative estimate of drug-likeness (QED) is 0.390. The summed E-state index contributed by atoms with van der Waals surface area (Å²) in [7, 11) is 1.85. The predicted octanol–water partition coefficient (Wildman–Crippen LogP) is 1.92. The Morgan fingerprint density at radius 1 is 1.47 bits per heavy atom. The molecule has 100 valence electrons. The predicted molar refractivity (Wildman–Crippen MR) is 76.0 cm³/mol. The molecule has 2 rings (SSSR count). The van der Waals surface area contributed by atoms with Gasteiger partial charge in [-0.2, -0.15) is 0 Å². The fraction of sp³-hybridized carbons (Fsp3) is 0.182. The summed E-state index contributed by atoms with van der Waals surface area (Å²) < 4.78 is 0.735. The van der Waals surface area contributed by atoms with Gasteiger partial charge in [0, 0.05) is 24.3 Å². The minimum Gasteiger partial charge on any atom is -0.409 e. The van der Waals surface area contributed by atoms with Crippen molar-refractivity contribution in [2.75, 3.05) is 11.9 Å². The number of nitrogens with zero attached hydrogens (tertiary/aromatic N) is 4. The first-order valence-electron chi connectivity index (χ1n) is 5.36. The van der Waals surface area contributed by atoms with E-state index in [1.54, 1.807) is 6.20 Å². The van der Waals surface area contributed by atoms with Gasteiger partial charge >= 0.3 is 0 Å². The Morgan fingerprint density at radius 2 is 2.21 bits per heavy atom. The third-order valence-electron chi connectivity index (χ3n) is 2.41. The summed E-state index contributed by atoms with van der Waals surface area (Å²) in [6.07, 6.45) is 3.05. The van der Waals surface area contributed by atoms with Gasteiger partial charge in [0.1, 0.15) is 0 Å². The zero-order valence-corrected chi connectivity index (χ0v) is 11.7. The maximum atomic E-state index is 8.75. The molecule has 0 atom stereocenters. The molecule has 3 N–H and O–H groups in total. The van der Waals surface area contributed by atoms with Gasteiger partial charge in [0.15, 0.2) is 17.3 Å². The molecule has 0 aliphatic heterocycles. The molecule has 0 spiro atoms. The van der Waals surface area contributed by atoms with Crippen molar-refractivity contribution in [3.05, 3.63) is 39.4 Å². The van der Waals surface area contributed by atoms with E-state index in [9.17, 15) is 0 Å². The minimum atomic E-state index is -0.0702. The van der Waals surface area contributed by atoms with Crippen molar-refractivity contribution in [1.29, 1.82) is 0 Å². The maximum absolute atomic E-state index is 8.75. The average molecular weight is 298 g/mol. The van der Waals surface area contributed by atoms with Gasteiger partial charge in [0.05, 0.1) is 10.9 Å². The van der Waals surface area contributed by atoms with Gasteiger partial charge in [-0.15, -0.1) is 11.3 Å². The molecule has 0 aliphatic carbocycles. The third-order valence-corrected chi connectivity index (χ3v) is 3.63. The van der Waals surface area contributed by atoms with Crippen molar-refractivity contribution in [3.8, 4) is 0 Å². The summed E-state index contributed by atoms with van der Waals surface area (Å²) in [5, 5.41) is 11.7. The second-order valence-electron chi connectivity index (χ2n) is 3.78. The number of nitrogens with two attached hydrogens (primary N) is 1. The van der Waals surface area contributed by atoms with Crippen LogP contribution in [-0.2, 0) is 6.54 Å². The largest absolute Gasteiger partial charge is 0.409 e. The molecule has 0 fully saturated rings. The molecule has 0 saturated carbocycles. The molecule has 0 bridgehead atoms. The Morgan fingerprint density at radius 3 is 2.84 bits per heavy atom. The number of hydrogen-bond acceptors (Lipinski definition) is 6. The van der Waals surface area contributed by atoms with Crippen molar-refractivity contribution in [1.82, 2.24) is 9.97 Å². The molecular weight excluding hydrogens is 286 g/mol. The number of amidine groups is 1. The van der Waals surface area contributed by atoms with Crippen LogP contribution in [0.5, 0.6) is 0 Å². The topological polar surface area (TPSA) is 87.6 Å². The second-order valence-corrected chi connectivity index (χ2v) is 5.58. The van der Waals surface area contributed by atoms with Crippen LogP contribution in [0.4, 0.5) is 5.82 Å². The highest BCUT2D eigenvalue weighted by molar-refractivity contribution is 7.16. The van der Waals surface area contributed by atoms with Crippen LogP contribution >= 0.6 is 22.9 Å². The summed E-state index contributed by atoms with van der Waals surface area (Å²) >= 11 is 7.39. The number of oxime groups is 1. The first-order chi connectivity index (χ1) is 9.11. The first-order valence-corrected chi connectivity index (χ1v) is 6.55. The molecule has 0 aromatic carbocycles. The molecule has 2 aromatic heterocycles. The van der Waals surface area contributed by atoms with Crippen LogP contribution < -0.4 is 10.6 Å². The summed E-state index contributed by atoms with van der Waals surface area (Å²) in [5.41, 5.74) is 5.93. The van der Waals surface area contributed by atoms with Crippen LogP contribution in [0.25, 0.3) is 0 Å². The normalized spacial score (nSPS) is 11.6. The SMILES string of the molecule is CN(Cc1ccc(Cl)s1)c1nccnc1C(N)=NO.